The van der Waals surface area contributed by atoms with E-state index in [1.807, 2.05) is 0 Å². The molecule has 0 fully saturated rings. The molecule has 0 aromatic heterocycles. The molecule has 0 bridgehead atoms. The van der Waals surface area contributed by atoms with E-state index < -0.39 is 54.1 Å². The van der Waals surface area contributed by atoms with Crippen molar-refractivity contribution in [1.29, 1.82) is 0 Å². The summed E-state index contributed by atoms with van der Waals surface area (Å²) in [5, 5.41) is 20.9. The van der Waals surface area contributed by atoms with Gasteiger partial charge in [-0.2, -0.15) is 13.2 Å². The van der Waals surface area contributed by atoms with E-state index in [0.29, 0.717) is 6.07 Å². The topological polar surface area (TPSA) is 95.9 Å². The largest absolute Gasteiger partial charge is 0.504 e. The number of carbonyl (C=O) groups excluding carboxylic acids is 2. The molecular weight excluding hydrogens is 374 g/mol. The fourth-order valence-corrected chi connectivity index (χ4v) is 2.12. The van der Waals surface area contributed by atoms with E-state index in [4.69, 9.17) is 0 Å². The lowest BCUT2D eigenvalue weighted by Gasteiger charge is -2.13. The van der Waals surface area contributed by atoms with E-state index in [0.717, 1.165) is 24.3 Å². The Hall–Kier alpha value is -3.30. The van der Waals surface area contributed by atoms with Crippen molar-refractivity contribution < 1.29 is 42.1 Å². The van der Waals surface area contributed by atoms with Crippen molar-refractivity contribution in [3.05, 3.63) is 58.9 Å². The first-order chi connectivity index (χ1) is 12.6. The molecule has 0 saturated carbocycles. The highest BCUT2D eigenvalue weighted by Crippen LogP contribution is 2.32. The van der Waals surface area contributed by atoms with Gasteiger partial charge in [0.05, 0.1) is 5.56 Å². The molecule has 2 aromatic rings. The molecule has 10 heteroatoms. The molecule has 0 unspecified atom stereocenters. The minimum Gasteiger partial charge on any atom is -0.504 e. The van der Waals surface area contributed by atoms with Crippen LogP contribution in [0.25, 0.3) is 0 Å². The summed E-state index contributed by atoms with van der Waals surface area (Å²) < 4.78 is 56.3. The highest BCUT2D eigenvalue weighted by atomic mass is 19.4. The molecule has 0 aliphatic heterocycles. The number of phenolic OH excluding ortho intramolecular Hbond substituents is 2. The molecule has 3 N–H and O–H groups in total. The highest BCUT2D eigenvalue weighted by Gasteiger charge is 2.33. The summed E-state index contributed by atoms with van der Waals surface area (Å²) in [6, 6.07) is 5.55. The van der Waals surface area contributed by atoms with Crippen LogP contribution in [-0.2, 0) is 22.3 Å². The van der Waals surface area contributed by atoms with Gasteiger partial charge < -0.3 is 20.3 Å². The van der Waals surface area contributed by atoms with Crippen LogP contribution >= 0.6 is 0 Å². The molecule has 2 rings (SSSR count). The first kappa shape index (κ1) is 20.0. The number of hydrogen-bond acceptors (Lipinski definition) is 5. The number of alkyl halides is 3. The van der Waals surface area contributed by atoms with E-state index in [1.165, 1.54) is 6.07 Å². The number of para-hydroxylation sites is 1. The van der Waals surface area contributed by atoms with Crippen LogP contribution in [0.4, 0.5) is 17.6 Å². The number of rotatable bonds is 5. The molecule has 0 atom stereocenters. The number of carbonyl (C=O) groups is 2. The van der Waals surface area contributed by atoms with Crippen LogP contribution in [0.3, 0.4) is 0 Å². The van der Waals surface area contributed by atoms with Crippen molar-refractivity contribution in [2.45, 2.75) is 12.7 Å². The third-order valence-electron chi connectivity index (χ3n) is 3.42. The van der Waals surface area contributed by atoms with Gasteiger partial charge in [0.2, 0.25) is 0 Å². The van der Waals surface area contributed by atoms with E-state index in [-0.39, 0.29) is 11.1 Å². The Morgan fingerprint density at radius 2 is 1.81 bits per heavy atom. The zero-order chi connectivity index (χ0) is 20.2. The Morgan fingerprint density at radius 1 is 1.11 bits per heavy atom. The van der Waals surface area contributed by atoms with Crippen LogP contribution < -0.4 is 5.32 Å². The van der Waals surface area contributed by atoms with Crippen LogP contribution in [0.1, 0.15) is 21.5 Å². The van der Waals surface area contributed by atoms with Crippen molar-refractivity contribution in [1.82, 2.24) is 5.32 Å². The van der Waals surface area contributed by atoms with Gasteiger partial charge in [-0.25, -0.2) is 9.18 Å². The lowest BCUT2D eigenvalue weighted by molar-refractivity contribution is -0.138. The number of nitrogens with one attached hydrogen (secondary N) is 1. The van der Waals surface area contributed by atoms with Gasteiger partial charge in [-0.3, -0.25) is 4.79 Å². The van der Waals surface area contributed by atoms with Crippen molar-refractivity contribution in [3.63, 3.8) is 0 Å². The molecule has 0 aliphatic rings. The first-order valence-electron chi connectivity index (χ1n) is 7.40. The summed E-state index contributed by atoms with van der Waals surface area (Å²) >= 11 is 0. The lowest BCUT2D eigenvalue weighted by Crippen LogP contribution is -2.29. The van der Waals surface area contributed by atoms with Crippen LogP contribution in [0, 0.1) is 5.82 Å². The monoisotopic (exact) mass is 387 g/mol. The van der Waals surface area contributed by atoms with Crippen molar-refractivity contribution in [2.75, 3.05) is 6.61 Å². The molecule has 144 valence electrons. The van der Waals surface area contributed by atoms with E-state index in [2.05, 4.69) is 10.1 Å². The van der Waals surface area contributed by atoms with E-state index in [9.17, 15) is 37.4 Å². The summed E-state index contributed by atoms with van der Waals surface area (Å²) in [6.07, 6.45) is -4.80. The van der Waals surface area contributed by atoms with Gasteiger partial charge in [0.1, 0.15) is 11.4 Å². The van der Waals surface area contributed by atoms with Gasteiger partial charge >= 0.3 is 12.1 Å². The van der Waals surface area contributed by atoms with E-state index >= 15 is 0 Å². The van der Waals surface area contributed by atoms with E-state index in [1.54, 1.807) is 0 Å². The molecule has 27 heavy (non-hydrogen) atoms. The van der Waals surface area contributed by atoms with Crippen LogP contribution in [0.5, 0.6) is 11.5 Å². The summed E-state index contributed by atoms with van der Waals surface area (Å²) in [6.45, 7) is -1.40. The zero-order valence-corrected chi connectivity index (χ0v) is 13.5. The summed E-state index contributed by atoms with van der Waals surface area (Å²) in [7, 11) is 0. The van der Waals surface area contributed by atoms with Crippen molar-refractivity contribution in [3.8, 4) is 11.5 Å². The predicted octanol–water partition coefficient (Wildman–Crippen LogP) is 2.73. The number of hydrogen-bond donors (Lipinski definition) is 3. The summed E-state index contributed by atoms with van der Waals surface area (Å²) in [5.41, 5.74) is -1.99. The average Bonchev–Trinajstić information content (AvgIpc) is 2.60. The standard InChI is InChI=1S/C17H13F4NO5/c18-10-5-4-9(12(6-10)17(19,20)21)7-22-14(24)8-27-16(26)11-2-1-3-13(23)15(11)25/h1-6,23,25H,7-8H2,(H,22,24). The molecule has 0 saturated heterocycles. The van der Waals surface area contributed by atoms with Gasteiger partial charge in [0, 0.05) is 6.54 Å². The highest BCUT2D eigenvalue weighted by molar-refractivity contribution is 5.94. The Labute approximate surface area is 150 Å². The normalized spacial score (nSPS) is 11.1. The SMILES string of the molecule is O=C(COC(=O)c1cccc(O)c1O)NCc1ccc(F)cc1C(F)(F)F. The Kier molecular flexibility index (Phi) is 5.88. The zero-order valence-electron chi connectivity index (χ0n) is 13.5. The fraction of sp³-hybridized carbons (Fsp3) is 0.176. The molecule has 6 nitrogen and oxygen atoms in total. The van der Waals surface area contributed by atoms with Crippen LogP contribution in [0.2, 0.25) is 0 Å². The number of benzene rings is 2. The maximum Gasteiger partial charge on any atom is 0.416 e. The maximum absolute atomic E-state index is 13.0. The van der Waals surface area contributed by atoms with Gasteiger partial charge in [-0.15, -0.1) is 0 Å². The molecule has 0 radical (unpaired) electrons. The first-order valence-corrected chi connectivity index (χ1v) is 7.40. The van der Waals surface area contributed by atoms with Gasteiger partial charge in [-0.1, -0.05) is 12.1 Å². The lowest BCUT2D eigenvalue weighted by atomic mass is 10.1. The number of aromatic hydroxyl groups is 2. The Morgan fingerprint density at radius 3 is 2.48 bits per heavy atom. The average molecular weight is 387 g/mol. The third kappa shape index (κ3) is 5.09. The fourth-order valence-electron chi connectivity index (χ4n) is 2.12. The van der Waals surface area contributed by atoms with Crippen molar-refractivity contribution >= 4 is 11.9 Å². The molecule has 0 heterocycles. The molecule has 0 spiro atoms. The minimum atomic E-state index is -4.80. The Bertz CT molecular complexity index is 867. The van der Waals surface area contributed by atoms with Gasteiger partial charge in [0.15, 0.2) is 18.1 Å². The number of phenols is 2. The summed E-state index contributed by atoms with van der Waals surface area (Å²) in [5.74, 6) is -4.40. The smallest absolute Gasteiger partial charge is 0.416 e. The van der Waals surface area contributed by atoms with Gasteiger partial charge in [0.25, 0.3) is 5.91 Å². The van der Waals surface area contributed by atoms with Crippen LogP contribution in [0.15, 0.2) is 36.4 Å². The second kappa shape index (κ2) is 7.94. The number of halogens is 4. The van der Waals surface area contributed by atoms with Gasteiger partial charge in [-0.05, 0) is 29.8 Å². The summed E-state index contributed by atoms with van der Waals surface area (Å²) in [4.78, 5) is 23.4. The quantitative estimate of drug-likeness (QED) is 0.417. The second-order valence-corrected chi connectivity index (χ2v) is 5.33. The molecular formula is C17H13F4NO5. The predicted molar refractivity (Wildman–Crippen MR) is 83.3 cm³/mol. The number of amides is 1. The van der Waals surface area contributed by atoms with Crippen molar-refractivity contribution in [2.24, 2.45) is 0 Å². The molecule has 0 aliphatic carbocycles. The minimum absolute atomic E-state index is 0.312. The third-order valence-corrected chi connectivity index (χ3v) is 3.42. The maximum atomic E-state index is 13.0. The number of esters is 1. The number of ether oxygens (including phenoxy) is 1. The molecule has 2 aromatic carbocycles. The molecule has 1 amide bonds. The second-order valence-electron chi connectivity index (χ2n) is 5.33. The van der Waals surface area contributed by atoms with Crippen LogP contribution in [-0.4, -0.2) is 28.7 Å². The Balaban J connectivity index is 1.96.